The van der Waals surface area contributed by atoms with Crippen molar-refractivity contribution in [2.24, 2.45) is 5.73 Å². The predicted molar refractivity (Wildman–Crippen MR) is 109 cm³/mol. The van der Waals surface area contributed by atoms with E-state index < -0.39 is 18.4 Å². The van der Waals surface area contributed by atoms with Gasteiger partial charge in [-0.2, -0.15) is 0 Å². The molecule has 30 heavy (non-hydrogen) atoms. The molecule has 0 spiro atoms. The van der Waals surface area contributed by atoms with Gasteiger partial charge in [-0.15, -0.1) is 0 Å². The summed E-state index contributed by atoms with van der Waals surface area (Å²) in [5.74, 6) is -1.40. The van der Waals surface area contributed by atoms with Gasteiger partial charge in [0.15, 0.2) is 0 Å². The first kappa shape index (κ1) is 21.9. The lowest BCUT2D eigenvalue weighted by Crippen LogP contribution is -2.16. The Morgan fingerprint density at radius 1 is 1.17 bits per heavy atom. The van der Waals surface area contributed by atoms with E-state index in [1.165, 1.54) is 18.2 Å². The molecule has 0 bridgehead atoms. The molecule has 7 nitrogen and oxygen atoms in total. The average molecular weight is 456 g/mol. The van der Waals surface area contributed by atoms with Crippen molar-refractivity contribution >= 4 is 51.5 Å². The zero-order valence-corrected chi connectivity index (χ0v) is 16.9. The average Bonchev–Trinajstić information content (AvgIpc) is 2.71. The summed E-state index contributed by atoms with van der Waals surface area (Å²) in [5, 5.41) is 3.38. The summed E-state index contributed by atoms with van der Waals surface area (Å²) in [5.41, 5.74) is 5.61. The Hall–Kier alpha value is -2.75. The molecule has 3 aromatic rings. The molecule has 3 rings (SSSR count). The molecular weight excluding hydrogens is 441 g/mol. The molecular formula is C19H15Cl2F2N4O3. The second-order valence-corrected chi connectivity index (χ2v) is 6.69. The first-order chi connectivity index (χ1) is 14.4. The van der Waals surface area contributed by atoms with Crippen LogP contribution in [0.4, 0.5) is 20.3 Å². The number of aromatic nitrogens is 2. The maximum absolute atomic E-state index is 14.3. The summed E-state index contributed by atoms with van der Waals surface area (Å²) in [6.07, 6.45) is 0. The van der Waals surface area contributed by atoms with Crippen LogP contribution in [0.15, 0.2) is 24.3 Å². The van der Waals surface area contributed by atoms with Crippen LogP contribution in [0.1, 0.15) is 10.6 Å². The molecule has 1 aromatic heterocycles. The van der Waals surface area contributed by atoms with Crippen LogP contribution in [-0.4, -0.2) is 42.4 Å². The smallest absolute Gasteiger partial charge is 0.286 e. The number of carbonyl (C=O) groups is 1. The fourth-order valence-electron chi connectivity index (χ4n) is 2.45. The van der Waals surface area contributed by atoms with Gasteiger partial charge in [0.25, 0.3) is 5.91 Å². The van der Waals surface area contributed by atoms with Crippen molar-refractivity contribution in [3.8, 4) is 5.75 Å². The van der Waals surface area contributed by atoms with E-state index in [-0.39, 0.29) is 47.2 Å². The van der Waals surface area contributed by atoms with E-state index in [1.807, 2.05) is 0 Å². The number of primary amides is 1. The second kappa shape index (κ2) is 9.84. The molecule has 2 aromatic carbocycles. The predicted octanol–water partition coefficient (Wildman–Crippen LogP) is 4.08. The quantitative estimate of drug-likeness (QED) is 0.372. The van der Waals surface area contributed by atoms with Crippen LogP contribution in [0, 0.1) is 11.9 Å². The van der Waals surface area contributed by atoms with Gasteiger partial charge in [0.05, 0.1) is 34.5 Å². The van der Waals surface area contributed by atoms with Crippen molar-refractivity contribution < 1.29 is 23.0 Å². The van der Waals surface area contributed by atoms with Crippen molar-refractivity contribution in [3.63, 3.8) is 0 Å². The summed E-state index contributed by atoms with van der Waals surface area (Å²) in [6.45, 7) is -0.241. The van der Waals surface area contributed by atoms with Crippen LogP contribution in [0.3, 0.4) is 0 Å². The number of carbonyl (C=O) groups excluding carboxylic acids is 1. The van der Waals surface area contributed by atoms with E-state index in [0.29, 0.717) is 16.7 Å². The second-order valence-electron chi connectivity index (χ2n) is 5.88. The lowest BCUT2D eigenvalue weighted by Gasteiger charge is -2.12. The number of rotatable bonds is 9. The van der Waals surface area contributed by atoms with E-state index >= 15 is 0 Å². The van der Waals surface area contributed by atoms with Crippen LogP contribution in [0.25, 0.3) is 10.9 Å². The minimum atomic E-state index is -0.871. The summed E-state index contributed by atoms with van der Waals surface area (Å²) < 4.78 is 36.7. The van der Waals surface area contributed by atoms with Gasteiger partial charge in [0.1, 0.15) is 30.7 Å². The minimum absolute atomic E-state index is 0.00911. The van der Waals surface area contributed by atoms with Gasteiger partial charge in [-0.25, -0.2) is 18.7 Å². The topological polar surface area (TPSA) is 99.4 Å². The Morgan fingerprint density at radius 2 is 1.93 bits per heavy atom. The third-order valence-corrected chi connectivity index (χ3v) is 4.51. The monoisotopic (exact) mass is 455 g/mol. The molecule has 0 aliphatic rings. The van der Waals surface area contributed by atoms with Gasteiger partial charge in [-0.1, -0.05) is 23.2 Å². The fraction of sp³-hybridized carbons (Fsp3) is 0.211. The maximum Gasteiger partial charge on any atom is 0.286 e. The third-order valence-electron chi connectivity index (χ3n) is 3.79. The normalized spacial score (nSPS) is 10.9. The van der Waals surface area contributed by atoms with Gasteiger partial charge < -0.3 is 20.5 Å². The Balaban J connectivity index is 1.93. The number of nitrogens with zero attached hydrogens (tertiary/aromatic N) is 2. The van der Waals surface area contributed by atoms with Crippen LogP contribution in [0.5, 0.6) is 5.75 Å². The molecule has 0 aliphatic heterocycles. The van der Waals surface area contributed by atoms with Gasteiger partial charge in [0.2, 0.25) is 5.82 Å². The number of fused-ring (bicyclic) bond motifs is 1. The van der Waals surface area contributed by atoms with Gasteiger partial charge >= 0.3 is 0 Å². The molecule has 1 radical (unpaired) electrons. The van der Waals surface area contributed by atoms with E-state index in [9.17, 15) is 13.6 Å². The van der Waals surface area contributed by atoms with Crippen molar-refractivity contribution in [1.29, 1.82) is 0 Å². The lowest BCUT2D eigenvalue weighted by molar-refractivity contribution is 0.0897. The zero-order valence-electron chi connectivity index (χ0n) is 15.3. The summed E-state index contributed by atoms with van der Waals surface area (Å²) in [4.78, 5) is 19.8. The minimum Gasteiger partial charge on any atom is -0.490 e. The van der Waals surface area contributed by atoms with Gasteiger partial charge in [-0.3, -0.25) is 4.79 Å². The van der Waals surface area contributed by atoms with Crippen LogP contribution < -0.4 is 15.8 Å². The highest BCUT2D eigenvalue weighted by Gasteiger charge is 2.15. The third kappa shape index (κ3) is 5.24. The van der Waals surface area contributed by atoms with E-state index in [2.05, 4.69) is 21.4 Å². The first-order valence-electron chi connectivity index (χ1n) is 8.60. The summed E-state index contributed by atoms with van der Waals surface area (Å²) in [7, 11) is 0. The standard InChI is InChI=1S/C19H15Cl2F2N4O3/c20-12-8-14(23)16(9-13(12)21)26-18-11-2-1-10(30-6-5-29-4-3-22)7-15(11)25-19(27-18)17(24)28/h2,7-9H,3-6H2,(H2,24,28)(H,25,26,27). The first-order valence-corrected chi connectivity index (χ1v) is 9.36. The molecule has 0 atom stereocenters. The van der Waals surface area contributed by atoms with Gasteiger partial charge in [0, 0.05) is 17.5 Å². The Labute approximate surface area is 180 Å². The SMILES string of the molecule is NC(=O)c1nc(Nc2cc(Cl)c(Cl)cc2F)c2c[c]c(OCCOCCF)cc2n1. The lowest BCUT2D eigenvalue weighted by atomic mass is 10.2. The number of amides is 1. The highest BCUT2D eigenvalue weighted by atomic mass is 35.5. The van der Waals surface area contributed by atoms with Crippen molar-refractivity contribution in [1.82, 2.24) is 9.97 Å². The Morgan fingerprint density at radius 3 is 2.67 bits per heavy atom. The van der Waals surface area contributed by atoms with Crippen LogP contribution >= 0.6 is 23.2 Å². The fourth-order valence-corrected chi connectivity index (χ4v) is 2.76. The Kier molecular flexibility index (Phi) is 7.20. The van der Waals surface area contributed by atoms with Crippen LogP contribution in [-0.2, 0) is 4.74 Å². The number of benzene rings is 2. The molecule has 0 fully saturated rings. The van der Waals surface area contributed by atoms with E-state index in [1.54, 1.807) is 0 Å². The molecule has 1 amide bonds. The summed E-state index contributed by atoms with van der Waals surface area (Å²) >= 11 is 11.8. The summed E-state index contributed by atoms with van der Waals surface area (Å²) in [6, 6.07) is 8.24. The molecule has 11 heteroatoms. The van der Waals surface area contributed by atoms with E-state index in [4.69, 9.17) is 38.4 Å². The van der Waals surface area contributed by atoms with E-state index in [0.717, 1.165) is 6.07 Å². The number of hydrogen-bond donors (Lipinski definition) is 2. The molecule has 0 unspecified atom stereocenters. The van der Waals surface area contributed by atoms with Crippen molar-refractivity contribution in [2.75, 3.05) is 31.8 Å². The zero-order chi connectivity index (χ0) is 21.7. The molecule has 3 N–H and O–H groups in total. The molecule has 0 aliphatic carbocycles. The molecule has 0 saturated heterocycles. The van der Waals surface area contributed by atoms with Crippen LogP contribution in [0.2, 0.25) is 10.0 Å². The largest absolute Gasteiger partial charge is 0.490 e. The number of anilines is 2. The number of nitrogens with one attached hydrogen (secondary N) is 1. The molecule has 1 heterocycles. The Bertz CT molecular complexity index is 1090. The number of hydrogen-bond acceptors (Lipinski definition) is 6. The number of nitrogens with two attached hydrogens (primary N) is 1. The molecule has 157 valence electrons. The maximum atomic E-state index is 14.3. The van der Waals surface area contributed by atoms with Crippen molar-refractivity contribution in [2.45, 2.75) is 0 Å². The molecule has 0 saturated carbocycles. The van der Waals surface area contributed by atoms with Crippen molar-refractivity contribution in [3.05, 3.63) is 52.0 Å². The van der Waals surface area contributed by atoms with Gasteiger partial charge in [-0.05, 0) is 18.2 Å². The number of halogens is 4. The highest BCUT2D eigenvalue weighted by Crippen LogP contribution is 2.32. The highest BCUT2D eigenvalue weighted by molar-refractivity contribution is 6.42. The number of ether oxygens (including phenoxy) is 2. The number of alkyl halides is 1.